The highest BCUT2D eigenvalue weighted by Crippen LogP contribution is 2.30. The molecule has 5 heteroatoms. The van der Waals surface area contributed by atoms with E-state index >= 15 is 0 Å². The number of benzene rings is 1. The Bertz CT molecular complexity index is 561. The third kappa shape index (κ3) is 2.04. The number of aromatic nitrogens is 1. The quantitative estimate of drug-likeness (QED) is 0.810. The maximum atomic E-state index is 11.5. The van der Waals surface area contributed by atoms with Gasteiger partial charge in [-0.2, -0.15) is 0 Å². The monoisotopic (exact) mass is 249 g/mol. The van der Waals surface area contributed by atoms with Gasteiger partial charge in [0, 0.05) is 17.1 Å². The van der Waals surface area contributed by atoms with Gasteiger partial charge in [-0.1, -0.05) is 12.1 Å². The molecule has 0 saturated heterocycles. The molecule has 1 aromatic carbocycles. The van der Waals surface area contributed by atoms with Crippen LogP contribution in [-0.2, 0) is 9.53 Å². The van der Waals surface area contributed by atoms with Crippen molar-refractivity contribution in [2.24, 2.45) is 0 Å². The summed E-state index contributed by atoms with van der Waals surface area (Å²) >= 11 is 0. The zero-order valence-electron chi connectivity index (χ0n) is 10.3. The van der Waals surface area contributed by atoms with Gasteiger partial charge in [-0.15, -0.1) is 0 Å². The molecule has 0 aliphatic carbocycles. The van der Waals surface area contributed by atoms with Gasteiger partial charge in [0.15, 0.2) is 6.10 Å². The fraction of sp³-hybridized carbons (Fsp3) is 0.308. The highest BCUT2D eigenvalue weighted by atomic mass is 16.5. The summed E-state index contributed by atoms with van der Waals surface area (Å²) in [6, 6.07) is 5.42. The number of para-hydroxylation sites is 1. The lowest BCUT2D eigenvalue weighted by atomic mass is 10.1. The summed E-state index contributed by atoms with van der Waals surface area (Å²) in [5.41, 5.74) is 1.24. The molecule has 2 rings (SSSR count). The third-order valence-corrected chi connectivity index (χ3v) is 2.73. The average Bonchev–Trinajstić information content (AvgIpc) is 2.81. The van der Waals surface area contributed by atoms with Crippen LogP contribution in [0.5, 0.6) is 5.75 Å². The number of rotatable bonds is 4. The molecule has 0 saturated carbocycles. The number of aliphatic hydroxyl groups excluding tert-OH is 1. The molecule has 5 nitrogen and oxygen atoms in total. The highest BCUT2D eigenvalue weighted by molar-refractivity contribution is 5.92. The molecule has 0 amide bonds. The molecule has 1 heterocycles. The Kier molecular flexibility index (Phi) is 3.53. The molecular formula is C13H15NO4. The second-order valence-electron chi connectivity index (χ2n) is 3.78. The standard InChI is InChI=1S/C13H15NO4/c1-3-18-13(16)12(15)9-7-14-11-8(9)5-4-6-10(11)17-2/h4-7,12,14-15H,3H2,1-2H3. The maximum Gasteiger partial charge on any atom is 0.339 e. The lowest BCUT2D eigenvalue weighted by molar-refractivity contribution is -0.153. The predicted molar refractivity (Wildman–Crippen MR) is 66.4 cm³/mol. The highest BCUT2D eigenvalue weighted by Gasteiger charge is 2.22. The van der Waals surface area contributed by atoms with E-state index in [1.54, 1.807) is 32.4 Å². The summed E-state index contributed by atoms with van der Waals surface area (Å²) in [6.07, 6.45) is 0.306. The lowest BCUT2D eigenvalue weighted by Crippen LogP contribution is -2.14. The van der Waals surface area contributed by atoms with E-state index in [1.165, 1.54) is 0 Å². The number of aromatic amines is 1. The van der Waals surface area contributed by atoms with E-state index < -0.39 is 12.1 Å². The summed E-state index contributed by atoms with van der Waals surface area (Å²) in [5, 5.41) is 10.7. The Labute approximate surface area is 104 Å². The third-order valence-electron chi connectivity index (χ3n) is 2.73. The van der Waals surface area contributed by atoms with Crippen molar-refractivity contribution in [1.29, 1.82) is 0 Å². The van der Waals surface area contributed by atoms with Gasteiger partial charge in [-0.05, 0) is 13.0 Å². The molecule has 18 heavy (non-hydrogen) atoms. The first kappa shape index (κ1) is 12.4. The number of nitrogens with one attached hydrogen (secondary N) is 1. The summed E-state index contributed by atoms with van der Waals surface area (Å²) < 4.78 is 10.00. The van der Waals surface area contributed by atoms with Gasteiger partial charge in [-0.3, -0.25) is 0 Å². The Hall–Kier alpha value is -2.01. The number of H-pyrrole nitrogens is 1. The van der Waals surface area contributed by atoms with Crippen molar-refractivity contribution in [2.75, 3.05) is 13.7 Å². The Morgan fingerprint density at radius 3 is 2.94 bits per heavy atom. The van der Waals surface area contributed by atoms with Crippen LogP contribution in [0.3, 0.4) is 0 Å². The lowest BCUT2D eigenvalue weighted by Gasteiger charge is -2.08. The van der Waals surface area contributed by atoms with Gasteiger partial charge in [0.1, 0.15) is 5.75 Å². The Morgan fingerprint density at radius 1 is 1.50 bits per heavy atom. The van der Waals surface area contributed by atoms with Crippen molar-refractivity contribution in [3.05, 3.63) is 30.0 Å². The second kappa shape index (κ2) is 5.10. The van der Waals surface area contributed by atoms with Crippen molar-refractivity contribution in [2.45, 2.75) is 13.0 Å². The van der Waals surface area contributed by atoms with Crippen LogP contribution in [0.25, 0.3) is 10.9 Å². The fourth-order valence-electron chi connectivity index (χ4n) is 1.89. The predicted octanol–water partition coefficient (Wildman–Crippen LogP) is 1.77. The molecule has 1 atom stereocenters. The number of carbonyl (C=O) groups is 1. The second-order valence-corrected chi connectivity index (χ2v) is 3.78. The van der Waals surface area contributed by atoms with Gasteiger partial charge in [0.25, 0.3) is 0 Å². The minimum absolute atomic E-state index is 0.238. The van der Waals surface area contributed by atoms with E-state index in [1.807, 2.05) is 6.07 Å². The number of fused-ring (bicyclic) bond motifs is 1. The Morgan fingerprint density at radius 2 is 2.28 bits per heavy atom. The van der Waals surface area contributed by atoms with Crippen LogP contribution in [0.4, 0.5) is 0 Å². The fourth-order valence-corrected chi connectivity index (χ4v) is 1.89. The first-order chi connectivity index (χ1) is 8.69. The number of hydrogen-bond acceptors (Lipinski definition) is 4. The first-order valence-electron chi connectivity index (χ1n) is 5.67. The summed E-state index contributed by atoms with van der Waals surface area (Å²) in [7, 11) is 1.57. The minimum Gasteiger partial charge on any atom is -0.495 e. The van der Waals surface area contributed by atoms with Crippen molar-refractivity contribution < 1.29 is 19.4 Å². The number of ether oxygens (including phenoxy) is 2. The number of carbonyl (C=O) groups excluding carboxylic acids is 1. The van der Waals surface area contributed by atoms with Gasteiger partial charge in [0.05, 0.1) is 19.2 Å². The molecule has 2 N–H and O–H groups in total. The minimum atomic E-state index is -1.29. The van der Waals surface area contributed by atoms with Crippen LogP contribution in [0, 0.1) is 0 Å². The molecule has 0 aliphatic heterocycles. The molecule has 1 aromatic heterocycles. The molecule has 0 bridgehead atoms. The number of methoxy groups -OCH3 is 1. The molecule has 0 radical (unpaired) electrons. The van der Waals surface area contributed by atoms with Crippen LogP contribution in [0.15, 0.2) is 24.4 Å². The van der Waals surface area contributed by atoms with E-state index in [2.05, 4.69) is 4.98 Å². The van der Waals surface area contributed by atoms with Crippen molar-refractivity contribution in [3.8, 4) is 5.75 Å². The largest absolute Gasteiger partial charge is 0.495 e. The molecule has 0 fully saturated rings. The van der Waals surface area contributed by atoms with Crippen molar-refractivity contribution in [1.82, 2.24) is 4.98 Å². The summed E-state index contributed by atoms with van der Waals surface area (Å²) in [6.45, 7) is 1.93. The van der Waals surface area contributed by atoms with E-state index in [-0.39, 0.29) is 6.61 Å². The molecule has 96 valence electrons. The van der Waals surface area contributed by atoms with Gasteiger partial charge in [-0.25, -0.2) is 4.79 Å². The number of aliphatic hydroxyl groups is 1. The van der Waals surface area contributed by atoms with E-state index in [0.29, 0.717) is 11.3 Å². The normalized spacial score (nSPS) is 12.4. The van der Waals surface area contributed by atoms with E-state index in [4.69, 9.17) is 9.47 Å². The van der Waals surface area contributed by atoms with Gasteiger partial charge >= 0.3 is 5.97 Å². The number of esters is 1. The van der Waals surface area contributed by atoms with E-state index in [9.17, 15) is 9.90 Å². The summed E-state index contributed by atoms with van der Waals surface area (Å²) in [4.78, 5) is 14.5. The Balaban J connectivity index is 2.43. The van der Waals surface area contributed by atoms with Gasteiger partial charge in [0.2, 0.25) is 0 Å². The van der Waals surface area contributed by atoms with Crippen LogP contribution >= 0.6 is 0 Å². The first-order valence-corrected chi connectivity index (χ1v) is 5.67. The van der Waals surface area contributed by atoms with Crippen LogP contribution in [0.2, 0.25) is 0 Å². The summed E-state index contributed by atoms with van der Waals surface area (Å²) in [5.74, 6) is 0.0102. The SMILES string of the molecule is CCOC(=O)C(O)c1c[nH]c2c(OC)cccc12. The molecule has 1 unspecified atom stereocenters. The van der Waals surface area contributed by atoms with Gasteiger partial charge < -0.3 is 19.6 Å². The number of hydrogen-bond donors (Lipinski definition) is 2. The van der Waals surface area contributed by atoms with Crippen molar-refractivity contribution in [3.63, 3.8) is 0 Å². The zero-order valence-corrected chi connectivity index (χ0v) is 10.3. The zero-order chi connectivity index (χ0) is 13.1. The molecule has 0 aliphatic rings. The molecular weight excluding hydrogens is 234 g/mol. The van der Waals surface area contributed by atoms with Crippen LogP contribution in [0.1, 0.15) is 18.6 Å². The molecule has 0 spiro atoms. The average molecular weight is 249 g/mol. The van der Waals surface area contributed by atoms with Crippen molar-refractivity contribution >= 4 is 16.9 Å². The topological polar surface area (TPSA) is 71.5 Å². The van der Waals surface area contributed by atoms with E-state index in [0.717, 1.165) is 10.9 Å². The van der Waals surface area contributed by atoms with Crippen LogP contribution < -0.4 is 4.74 Å². The molecule has 2 aromatic rings. The maximum absolute atomic E-state index is 11.5. The van der Waals surface area contributed by atoms with Crippen LogP contribution in [-0.4, -0.2) is 29.8 Å². The smallest absolute Gasteiger partial charge is 0.339 e.